The van der Waals surface area contributed by atoms with Gasteiger partial charge in [0.1, 0.15) is 0 Å². The summed E-state index contributed by atoms with van der Waals surface area (Å²) in [6.45, 7) is 3.73. The van der Waals surface area contributed by atoms with Crippen LogP contribution in [0.15, 0.2) is 23.0 Å². The van der Waals surface area contributed by atoms with Crippen LogP contribution in [0.4, 0.5) is 0 Å². The summed E-state index contributed by atoms with van der Waals surface area (Å²) in [5.41, 5.74) is 0.879. The molecule has 0 atom stereocenters. The predicted octanol–water partition coefficient (Wildman–Crippen LogP) is 1.18. The van der Waals surface area contributed by atoms with Gasteiger partial charge in [-0.3, -0.25) is 9.36 Å². The van der Waals surface area contributed by atoms with Crippen molar-refractivity contribution in [2.45, 2.75) is 19.9 Å². The number of H-pyrrole nitrogens is 1. The number of aromatic nitrogens is 2. The molecule has 0 aliphatic rings. The van der Waals surface area contributed by atoms with Crippen LogP contribution in [0.5, 0.6) is 0 Å². The van der Waals surface area contributed by atoms with Gasteiger partial charge in [0.2, 0.25) is 0 Å². The van der Waals surface area contributed by atoms with Gasteiger partial charge in [0, 0.05) is 11.6 Å². The van der Waals surface area contributed by atoms with Crippen LogP contribution in [0.1, 0.15) is 30.2 Å². The number of Topliss-reactive ketones (excluding diaryl/α,β-unsaturated/α-hetero) is 1. The Balaban J connectivity index is 2.65. The molecule has 2 aromatic rings. The van der Waals surface area contributed by atoms with Gasteiger partial charge >= 0.3 is 11.7 Å². The van der Waals surface area contributed by atoms with Crippen molar-refractivity contribution in [1.29, 1.82) is 0 Å². The smallest absolute Gasteiger partial charge is 0.377 e. The molecule has 0 saturated heterocycles. The lowest BCUT2D eigenvalue weighted by molar-refractivity contribution is -0.131. The average Bonchev–Trinajstić information content (AvgIpc) is 2.62. The van der Waals surface area contributed by atoms with Crippen molar-refractivity contribution in [3.05, 3.63) is 34.2 Å². The quantitative estimate of drug-likeness (QED) is 0.630. The fraction of sp³-hybridized carbons (Fsp3) is 0.250. The Labute approximate surface area is 102 Å². The monoisotopic (exact) mass is 248 g/mol. The van der Waals surface area contributed by atoms with E-state index in [1.165, 1.54) is 12.1 Å². The van der Waals surface area contributed by atoms with Crippen molar-refractivity contribution in [2.75, 3.05) is 0 Å². The Hall–Kier alpha value is -2.37. The van der Waals surface area contributed by atoms with Gasteiger partial charge in [0.05, 0.1) is 11.0 Å². The van der Waals surface area contributed by atoms with Gasteiger partial charge in [0.15, 0.2) is 0 Å². The number of hydrogen-bond acceptors (Lipinski definition) is 3. The summed E-state index contributed by atoms with van der Waals surface area (Å²) in [5.74, 6) is -2.50. The molecule has 0 radical (unpaired) electrons. The van der Waals surface area contributed by atoms with Crippen LogP contribution in [0.3, 0.4) is 0 Å². The second-order valence-corrected chi connectivity index (χ2v) is 4.26. The molecule has 94 valence electrons. The zero-order valence-electron chi connectivity index (χ0n) is 9.93. The van der Waals surface area contributed by atoms with E-state index in [0.29, 0.717) is 11.0 Å². The number of nitrogens with zero attached hydrogens (tertiary/aromatic N) is 1. The minimum absolute atomic E-state index is 0.0210. The third-order valence-corrected chi connectivity index (χ3v) is 2.69. The van der Waals surface area contributed by atoms with Crippen LogP contribution in [-0.2, 0) is 4.79 Å². The lowest BCUT2D eigenvalue weighted by Gasteiger charge is -2.06. The van der Waals surface area contributed by atoms with Crippen LogP contribution in [0, 0.1) is 0 Å². The number of carbonyl (C=O) groups excluding carboxylic acids is 1. The first-order chi connectivity index (χ1) is 8.41. The Bertz CT molecular complexity index is 694. The number of ketones is 1. The maximum atomic E-state index is 11.7. The van der Waals surface area contributed by atoms with E-state index in [-0.39, 0.29) is 17.3 Å². The molecule has 0 bridgehead atoms. The number of hydrogen-bond donors (Lipinski definition) is 2. The molecule has 1 aromatic carbocycles. The fourth-order valence-corrected chi connectivity index (χ4v) is 1.91. The van der Waals surface area contributed by atoms with Crippen molar-refractivity contribution >= 4 is 22.8 Å². The number of benzene rings is 1. The molecule has 0 aliphatic heterocycles. The van der Waals surface area contributed by atoms with E-state index in [0.717, 1.165) is 0 Å². The summed E-state index contributed by atoms with van der Waals surface area (Å²) in [5, 5.41) is 8.63. The fourth-order valence-electron chi connectivity index (χ4n) is 1.91. The van der Waals surface area contributed by atoms with Crippen LogP contribution < -0.4 is 5.69 Å². The molecule has 2 N–H and O–H groups in total. The number of carboxylic acid groups (broad SMARTS) is 1. The summed E-state index contributed by atoms with van der Waals surface area (Å²) in [6, 6.07) is 4.34. The molecule has 18 heavy (non-hydrogen) atoms. The number of aromatic amines is 1. The largest absolute Gasteiger partial charge is 0.475 e. The first kappa shape index (κ1) is 12.1. The molecule has 0 fully saturated rings. The van der Waals surface area contributed by atoms with Crippen LogP contribution in [0.25, 0.3) is 11.0 Å². The molecule has 6 nitrogen and oxygen atoms in total. The summed E-state index contributed by atoms with van der Waals surface area (Å²) in [4.78, 5) is 36.2. The third kappa shape index (κ3) is 1.81. The first-order valence-electron chi connectivity index (χ1n) is 5.43. The first-order valence-corrected chi connectivity index (χ1v) is 5.43. The third-order valence-electron chi connectivity index (χ3n) is 2.69. The van der Waals surface area contributed by atoms with E-state index < -0.39 is 11.8 Å². The van der Waals surface area contributed by atoms with Gasteiger partial charge in [-0.15, -0.1) is 0 Å². The molecule has 6 heteroatoms. The predicted molar refractivity (Wildman–Crippen MR) is 64.9 cm³/mol. The number of imidazole rings is 1. The topological polar surface area (TPSA) is 92.2 Å². The summed E-state index contributed by atoms with van der Waals surface area (Å²) in [7, 11) is 0. The molecule has 0 saturated carbocycles. The van der Waals surface area contributed by atoms with Crippen molar-refractivity contribution in [2.24, 2.45) is 0 Å². The summed E-state index contributed by atoms with van der Waals surface area (Å²) in [6.07, 6.45) is 0. The van der Waals surface area contributed by atoms with Gasteiger partial charge in [-0.1, -0.05) is 0 Å². The number of aliphatic carboxylic acids is 1. The van der Waals surface area contributed by atoms with E-state index in [1.54, 1.807) is 10.6 Å². The zero-order chi connectivity index (χ0) is 13.4. The molecular weight excluding hydrogens is 236 g/mol. The molecular formula is C12H12N2O4. The highest BCUT2D eigenvalue weighted by Gasteiger charge is 2.17. The van der Waals surface area contributed by atoms with E-state index in [4.69, 9.17) is 5.11 Å². The van der Waals surface area contributed by atoms with Crippen LogP contribution in [0.2, 0.25) is 0 Å². The number of carboxylic acids is 1. The Kier molecular flexibility index (Phi) is 2.78. The normalized spacial score (nSPS) is 11.1. The van der Waals surface area contributed by atoms with Gasteiger partial charge in [-0.25, -0.2) is 9.59 Å². The van der Waals surface area contributed by atoms with E-state index in [1.807, 2.05) is 13.8 Å². The number of nitrogens with one attached hydrogen (secondary N) is 1. The van der Waals surface area contributed by atoms with Gasteiger partial charge in [-0.05, 0) is 32.0 Å². The highest BCUT2D eigenvalue weighted by Crippen LogP contribution is 2.16. The van der Waals surface area contributed by atoms with E-state index >= 15 is 0 Å². The number of carbonyl (C=O) groups is 2. The standard InChI is InChI=1S/C12H12N2O4/c1-6(2)14-9-4-3-7(10(15)11(16)17)5-8(9)13-12(14)18/h3-6H,1-2H3,(H,13,18)(H,16,17). The number of rotatable bonds is 3. The minimum atomic E-state index is -1.51. The molecule has 0 amide bonds. The van der Waals surface area contributed by atoms with Crippen molar-refractivity contribution in [3.8, 4) is 0 Å². The Morgan fingerprint density at radius 3 is 2.56 bits per heavy atom. The lowest BCUT2D eigenvalue weighted by atomic mass is 10.1. The molecule has 1 aromatic heterocycles. The second-order valence-electron chi connectivity index (χ2n) is 4.26. The van der Waals surface area contributed by atoms with Gasteiger partial charge < -0.3 is 10.1 Å². The average molecular weight is 248 g/mol. The highest BCUT2D eigenvalue weighted by atomic mass is 16.4. The zero-order valence-corrected chi connectivity index (χ0v) is 9.93. The SMILES string of the molecule is CC(C)n1c(=O)[nH]c2cc(C(=O)C(=O)O)ccc21. The summed E-state index contributed by atoms with van der Waals surface area (Å²) < 4.78 is 1.55. The second kappa shape index (κ2) is 4.14. The maximum Gasteiger partial charge on any atom is 0.377 e. The van der Waals surface area contributed by atoms with Crippen molar-refractivity contribution < 1.29 is 14.7 Å². The Morgan fingerprint density at radius 2 is 2.00 bits per heavy atom. The van der Waals surface area contributed by atoms with Crippen LogP contribution >= 0.6 is 0 Å². The molecule has 2 rings (SSSR count). The van der Waals surface area contributed by atoms with E-state index in [9.17, 15) is 14.4 Å². The Morgan fingerprint density at radius 1 is 1.33 bits per heavy atom. The highest BCUT2D eigenvalue weighted by molar-refractivity contribution is 6.40. The van der Waals surface area contributed by atoms with Gasteiger partial charge in [-0.2, -0.15) is 0 Å². The molecule has 0 unspecified atom stereocenters. The summed E-state index contributed by atoms with van der Waals surface area (Å²) >= 11 is 0. The van der Waals surface area contributed by atoms with E-state index in [2.05, 4.69) is 4.98 Å². The molecule has 0 spiro atoms. The maximum absolute atomic E-state index is 11.7. The minimum Gasteiger partial charge on any atom is -0.475 e. The van der Waals surface area contributed by atoms with Crippen LogP contribution in [-0.4, -0.2) is 26.4 Å². The van der Waals surface area contributed by atoms with Crippen molar-refractivity contribution in [3.63, 3.8) is 0 Å². The van der Waals surface area contributed by atoms with Crippen molar-refractivity contribution in [1.82, 2.24) is 9.55 Å². The van der Waals surface area contributed by atoms with Gasteiger partial charge in [0.25, 0.3) is 5.78 Å². The molecule has 1 heterocycles. The molecule has 0 aliphatic carbocycles. The number of fused-ring (bicyclic) bond motifs is 1. The lowest BCUT2D eigenvalue weighted by Crippen LogP contribution is -2.18.